The molecular formula is C13H11N3O2. The molecule has 1 aromatic carbocycles. The average molecular weight is 241 g/mol. The number of oxazole rings is 1. The molecule has 18 heavy (non-hydrogen) atoms. The number of aromatic nitrogens is 3. The zero-order valence-electron chi connectivity index (χ0n) is 10.0. The highest BCUT2D eigenvalue weighted by molar-refractivity contribution is 5.91. The number of nitrogens with one attached hydrogen (secondary N) is 1. The zero-order chi connectivity index (χ0) is 12.7. The maximum Gasteiger partial charge on any atom is 0.194 e. The normalized spacial score (nSPS) is 11.0. The molecule has 0 saturated heterocycles. The Balaban J connectivity index is 2.09. The summed E-state index contributed by atoms with van der Waals surface area (Å²) in [5.74, 6) is 0.914. The molecule has 1 N–H and O–H groups in total. The van der Waals surface area contributed by atoms with Crippen LogP contribution in [0.25, 0.3) is 22.4 Å². The van der Waals surface area contributed by atoms with Gasteiger partial charge in [-0.15, -0.1) is 0 Å². The van der Waals surface area contributed by atoms with Crippen LogP contribution in [0.4, 0.5) is 0 Å². The van der Waals surface area contributed by atoms with Crippen molar-refractivity contribution in [2.75, 3.05) is 0 Å². The van der Waals surface area contributed by atoms with E-state index in [4.69, 9.17) is 4.42 Å². The number of carbonyl (C=O) groups is 1. The lowest BCUT2D eigenvalue weighted by molar-refractivity contribution is 0.100. The number of carbonyl (C=O) groups excluding carboxylic acids is 1. The van der Waals surface area contributed by atoms with Gasteiger partial charge in [0.15, 0.2) is 23.1 Å². The van der Waals surface area contributed by atoms with Crippen molar-refractivity contribution in [1.82, 2.24) is 15.0 Å². The van der Waals surface area contributed by atoms with Crippen LogP contribution in [0.5, 0.6) is 0 Å². The van der Waals surface area contributed by atoms with Gasteiger partial charge in [0.2, 0.25) is 0 Å². The lowest BCUT2D eigenvalue weighted by Crippen LogP contribution is -1.93. The van der Waals surface area contributed by atoms with Crippen LogP contribution in [0, 0.1) is 6.92 Å². The minimum atomic E-state index is -0.0837. The number of ketones is 1. The van der Waals surface area contributed by atoms with Crippen molar-refractivity contribution in [3.63, 3.8) is 0 Å². The van der Waals surface area contributed by atoms with Crippen molar-refractivity contribution in [3.05, 3.63) is 36.1 Å². The van der Waals surface area contributed by atoms with Crippen LogP contribution >= 0.6 is 0 Å². The Labute approximate surface area is 103 Å². The molecule has 5 nitrogen and oxygen atoms in total. The van der Waals surface area contributed by atoms with E-state index in [1.165, 1.54) is 6.92 Å². The SMILES string of the molecule is CC(=O)c1ncc(-c2ccc3oc(C)nc3c2)[nH]1. The van der Waals surface area contributed by atoms with Gasteiger partial charge < -0.3 is 9.40 Å². The number of aromatic amines is 1. The van der Waals surface area contributed by atoms with Crippen LogP contribution in [0.2, 0.25) is 0 Å². The van der Waals surface area contributed by atoms with Crippen molar-refractivity contribution >= 4 is 16.9 Å². The Kier molecular flexibility index (Phi) is 2.26. The molecule has 0 aliphatic rings. The Morgan fingerprint density at radius 1 is 1.39 bits per heavy atom. The Hall–Kier alpha value is -2.43. The van der Waals surface area contributed by atoms with E-state index >= 15 is 0 Å². The average Bonchev–Trinajstić information content (AvgIpc) is 2.91. The molecule has 3 aromatic rings. The van der Waals surface area contributed by atoms with Crippen LogP contribution in [-0.4, -0.2) is 20.7 Å². The van der Waals surface area contributed by atoms with Crippen molar-refractivity contribution in [3.8, 4) is 11.3 Å². The molecule has 0 amide bonds. The molecule has 2 heterocycles. The van der Waals surface area contributed by atoms with E-state index in [1.54, 1.807) is 6.20 Å². The molecule has 0 aliphatic carbocycles. The molecule has 0 spiro atoms. The highest BCUT2D eigenvalue weighted by Gasteiger charge is 2.09. The molecule has 0 fully saturated rings. The third-order valence-electron chi connectivity index (χ3n) is 2.71. The standard InChI is InChI=1S/C13H11N3O2/c1-7(17)13-14-6-11(16-13)9-3-4-12-10(5-9)15-8(2)18-12/h3-6H,1-2H3,(H,14,16). The van der Waals surface area contributed by atoms with Crippen LogP contribution < -0.4 is 0 Å². The second-order valence-electron chi connectivity index (χ2n) is 4.12. The predicted molar refractivity (Wildman–Crippen MR) is 66.3 cm³/mol. The van der Waals surface area contributed by atoms with Crippen molar-refractivity contribution < 1.29 is 9.21 Å². The number of nitrogens with zero attached hydrogens (tertiary/aromatic N) is 2. The molecule has 0 bridgehead atoms. The summed E-state index contributed by atoms with van der Waals surface area (Å²) in [4.78, 5) is 22.5. The van der Waals surface area contributed by atoms with Gasteiger partial charge in [0, 0.05) is 19.4 Å². The summed E-state index contributed by atoms with van der Waals surface area (Å²) in [5, 5.41) is 0. The molecule has 3 rings (SSSR count). The second-order valence-corrected chi connectivity index (χ2v) is 4.12. The zero-order valence-corrected chi connectivity index (χ0v) is 10.0. The summed E-state index contributed by atoms with van der Waals surface area (Å²) in [5.41, 5.74) is 3.27. The van der Waals surface area contributed by atoms with Gasteiger partial charge >= 0.3 is 0 Å². The molecule has 2 aromatic heterocycles. The molecule has 0 radical (unpaired) electrons. The van der Waals surface area contributed by atoms with E-state index in [-0.39, 0.29) is 5.78 Å². The maximum absolute atomic E-state index is 11.2. The number of H-pyrrole nitrogens is 1. The first-order valence-corrected chi connectivity index (χ1v) is 5.57. The Morgan fingerprint density at radius 2 is 2.22 bits per heavy atom. The molecule has 0 atom stereocenters. The van der Waals surface area contributed by atoms with Gasteiger partial charge in [0.05, 0.1) is 11.9 Å². The minimum Gasteiger partial charge on any atom is -0.441 e. The van der Waals surface area contributed by atoms with Gasteiger partial charge in [-0.25, -0.2) is 9.97 Å². The fraction of sp³-hybridized carbons (Fsp3) is 0.154. The molecule has 0 aliphatic heterocycles. The molecule has 5 heteroatoms. The minimum absolute atomic E-state index is 0.0837. The topological polar surface area (TPSA) is 71.8 Å². The van der Waals surface area contributed by atoms with E-state index in [9.17, 15) is 4.79 Å². The number of aryl methyl sites for hydroxylation is 1. The third-order valence-corrected chi connectivity index (χ3v) is 2.71. The largest absolute Gasteiger partial charge is 0.441 e. The molecule has 0 saturated carbocycles. The predicted octanol–water partition coefficient (Wildman–Crippen LogP) is 2.73. The summed E-state index contributed by atoms with van der Waals surface area (Å²) >= 11 is 0. The first kappa shape index (κ1) is 10.7. The first-order chi connectivity index (χ1) is 8.63. The van der Waals surface area contributed by atoms with Gasteiger partial charge in [-0.2, -0.15) is 0 Å². The van der Waals surface area contributed by atoms with Crippen LogP contribution in [0.1, 0.15) is 23.4 Å². The number of Topliss-reactive ketones (excluding diaryl/α,β-unsaturated/α-hetero) is 1. The Bertz CT molecular complexity index is 740. The lowest BCUT2D eigenvalue weighted by Gasteiger charge is -1.96. The molecule has 90 valence electrons. The summed E-state index contributed by atoms with van der Waals surface area (Å²) < 4.78 is 5.41. The van der Waals surface area contributed by atoms with Crippen molar-refractivity contribution in [1.29, 1.82) is 0 Å². The van der Waals surface area contributed by atoms with E-state index in [0.717, 1.165) is 22.4 Å². The number of imidazole rings is 1. The third kappa shape index (κ3) is 1.69. The Morgan fingerprint density at radius 3 is 2.94 bits per heavy atom. The number of rotatable bonds is 2. The smallest absolute Gasteiger partial charge is 0.194 e. The highest BCUT2D eigenvalue weighted by Crippen LogP contribution is 2.23. The fourth-order valence-electron chi connectivity index (χ4n) is 1.86. The second kappa shape index (κ2) is 3.80. The van der Waals surface area contributed by atoms with E-state index < -0.39 is 0 Å². The summed E-state index contributed by atoms with van der Waals surface area (Å²) in [6, 6.07) is 5.67. The molecular weight excluding hydrogens is 230 g/mol. The van der Waals surface area contributed by atoms with Gasteiger partial charge in [-0.1, -0.05) is 0 Å². The van der Waals surface area contributed by atoms with Gasteiger partial charge in [-0.05, 0) is 18.2 Å². The van der Waals surface area contributed by atoms with Crippen molar-refractivity contribution in [2.24, 2.45) is 0 Å². The highest BCUT2D eigenvalue weighted by atomic mass is 16.3. The summed E-state index contributed by atoms with van der Waals surface area (Å²) in [6.45, 7) is 3.29. The fourth-order valence-corrected chi connectivity index (χ4v) is 1.86. The van der Waals surface area contributed by atoms with Crippen LogP contribution in [0.3, 0.4) is 0 Å². The quantitative estimate of drug-likeness (QED) is 0.700. The molecule has 0 unspecified atom stereocenters. The number of hydrogen-bond donors (Lipinski definition) is 1. The van der Waals surface area contributed by atoms with E-state index in [2.05, 4.69) is 15.0 Å². The van der Waals surface area contributed by atoms with Crippen LogP contribution in [-0.2, 0) is 0 Å². The number of hydrogen-bond acceptors (Lipinski definition) is 4. The summed E-state index contributed by atoms with van der Waals surface area (Å²) in [6.07, 6.45) is 1.64. The maximum atomic E-state index is 11.2. The van der Waals surface area contributed by atoms with Gasteiger partial charge in [0.25, 0.3) is 0 Å². The monoisotopic (exact) mass is 241 g/mol. The number of benzene rings is 1. The van der Waals surface area contributed by atoms with Crippen LogP contribution in [0.15, 0.2) is 28.8 Å². The first-order valence-electron chi connectivity index (χ1n) is 5.57. The van der Waals surface area contributed by atoms with Crippen molar-refractivity contribution in [2.45, 2.75) is 13.8 Å². The summed E-state index contributed by atoms with van der Waals surface area (Å²) in [7, 11) is 0. The van der Waals surface area contributed by atoms with E-state index in [0.29, 0.717) is 11.7 Å². The van der Waals surface area contributed by atoms with Gasteiger partial charge in [0.1, 0.15) is 5.52 Å². The number of fused-ring (bicyclic) bond motifs is 1. The van der Waals surface area contributed by atoms with E-state index in [1.807, 2.05) is 25.1 Å². The lowest BCUT2D eigenvalue weighted by atomic mass is 10.1. The van der Waals surface area contributed by atoms with Gasteiger partial charge in [-0.3, -0.25) is 4.79 Å².